The molecule has 1 atom stereocenters. The molecule has 2 aromatic rings. The van der Waals surface area contributed by atoms with Gasteiger partial charge in [-0.1, -0.05) is 11.6 Å². The molecule has 0 aliphatic heterocycles. The van der Waals surface area contributed by atoms with E-state index in [4.69, 9.17) is 17.3 Å². The minimum absolute atomic E-state index is 0.0570. The number of nitrogens with one attached hydrogen (secondary N) is 2. The van der Waals surface area contributed by atoms with Crippen molar-refractivity contribution in [3.63, 3.8) is 0 Å². The highest BCUT2D eigenvalue weighted by Crippen LogP contribution is 2.22. The van der Waals surface area contributed by atoms with Crippen LogP contribution in [-0.2, 0) is 0 Å². The second kappa shape index (κ2) is 4.36. The van der Waals surface area contributed by atoms with Crippen LogP contribution in [0.5, 0.6) is 0 Å². The molecule has 0 amide bonds. The summed E-state index contributed by atoms with van der Waals surface area (Å²) in [4.78, 5) is 8.13. The summed E-state index contributed by atoms with van der Waals surface area (Å²) in [5.41, 5.74) is 6.27. The number of nitrogens with zero attached hydrogens (tertiary/aromatic N) is 3. The van der Waals surface area contributed by atoms with Crippen molar-refractivity contribution in [1.29, 1.82) is 0 Å². The Morgan fingerprint density at radius 3 is 2.94 bits per heavy atom. The van der Waals surface area contributed by atoms with Gasteiger partial charge in [-0.25, -0.2) is 9.97 Å². The largest absolute Gasteiger partial charge is 0.396 e. The van der Waals surface area contributed by atoms with E-state index in [1.54, 1.807) is 6.07 Å². The predicted molar refractivity (Wildman–Crippen MR) is 62.1 cm³/mol. The van der Waals surface area contributed by atoms with Crippen LogP contribution in [0.4, 0.5) is 11.5 Å². The zero-order valence-electron chi connectivity index (χ0n) is 8.61. The van der Waals surface area contributed by atoms with Crippen LogP contribution in [0.15, 0.2) is 18.6 Å². The lowest BCUT2D eigenvalue weighted by molar-refractivity contribution is 0.791. The van der Waals surface area contributed by atoms with Crippen molar-refractivity contribution in [2.75, 3.05) is 11.1 Å². The minimum atomic E-state index is -0.0570. The Morgan fingerprint density at radius 2 is 2.31 bits per heavy atom. The molecule has 0 aliphatic rings. The maximum absolute atomic E-state index is 5.77. The van der Waals surface area contributed by atoms with Crippen LogP contribution >= 0.6 is 11.6 Å². The molecular weight excluding hydrogens is 228 g/mol. The number of nitrogens with two attached hydrogens (primary N) is 1. The molecule has 16 heavy (non-hydrogen) atoms. The third-order valence-electron chi connectivity index (χ3n) is 2.08. The summed E-state index contributed by atoms with van der Waals surface area (Å²) in [7, 11) is 0. The number of hydrogen-bond acceptors (Lipinski definition) is 5. The standard InChI is InChI=1S/C9H11ClN6/c1-5(8-13-4-14-16-8)15-9-7(11)2-6(10)3-12-9/h2-5H,11H2,1H3,(H,12,15)(H,13,14,16). The quantitative estimate of drug-likeness (QED) is 0.756. The minimum Gasteiger partial charge on any atom is -0.396 e. The number of anilines is 2. The second-order valence-electron chi connectivity index (χ2n) is 3.33. The molecule has 84 valence electrons. The molecule has 0 spiro atoms. The Morgan fingerprint density at radius 1 is 1.50 bits per heavy atom. The van der Waals surface area contributed by atoms with E-state index in [9.17, 15) is 0 Å². The van der Waals surface area contributed by atoms with Gasteiger partial charge in [0, 0.05) is 6.20 Å². The third kappa shape index (κ3) is 2.22. The lowest BCUT2D eigenvalue weighted by atomic mass is 10.3. The van der Waals surface area contributed by atoms with Crippen molar-refractivity contribution in [2.45, 2.75) is 13.0 Å². The van der Waals surface area contributed by atoms with Crippen LogP contribution in [0.2, 0.25) is 5.02 Å². The highest BCUT2D eigenvalue weighted by molar-refractivity contribution is 6.30. The molecule has 0 bridgehead atoms. The molecule has 0 saturated carbocycles. The second-order valence-corrected chi connectivity index (χ2v) is 3.76. The summed E-state index contributed by atoms with van der Waals surface area (Å²) in [6.45, 7) is 1.93. The van der Waals surface area contributed by atoms with Crippen molar-refractivity contribution in [2.24, 2.45) is 0 Å². The third-order valence-corrected chi connectivity index (χ3v) is 2.29. The molecule has 0 radical (unpaired) electrons. The van der Waals surface area contributed by atoms with Gasteiger partial charge in [0.25, 0.3) is 0 Å². The molecule has 2 heterocycles. The van der Waals surface area contributed by atoms with Crippen molar-refractivity contribution < 1.29 is 0 Å². The van der Waals surface area contributed by atoms with Crippen LogP contribution in [0.3, 0.4) is 0 Å². The van der Waals surface area contributed by atoms with E-state index in [-0.39, 0.29) is 6.04 Å². The summed E-state index contributed by atoms with van der Waals surface area (Å²) in [6, 6.07) is 1.59. The van der Waals surface area contributed by atoms with E-state index < -0.39 is 0 Å². The van der Waals surface area contributed by atoms with Gasteiger partial charge in [0.15, 0.2) is 0 Å². The molecule has 6 nitrogen and oxygen atoms in total. The topological polar surface area (TPSA) is 92.5 Å². The molecular formula is C9H11ClN6. The highest BCUT2D eigenvalue weighted by atomic mass is 35.5. The first-order valence-corrected chi connectivity index (χ1v) is 5.07. The molecule has 0 saturated heterocycles. The number of aromatic amines is 1. The molecule has 2 aromatic heterocycles. The van der Waals surface area contributed by atoms with Gasteiger partial charge in [-0.05, 0) is 13.0 Å². The van der Waals surface area contributed by atoms with Gasteiger partial charge in [-0.3, -0.25) is 5.10 Å². The van der Waals surface area contributed by atoms with E-state index in [0.29, 0.717) is 16.5 Å². The fraction of sp³-hybridized carbons (Fsp3) is 0.222. The van der Waals surface area contributed by atoms with Crippen LogP contribution in [0, 0.1) is 0 Å². The molecule has 0 fully saturated rings. The summed E-state index contributed by atoms with van der Waals surface area (Å²) in [5, 5.41) is 10.2. The van der Waals surface area contributed by atoms with Crippen LogP contribution < -0.4 is 11.1 Å². The van der Waals surface area contributed by atoms with E-state index in [2.05, 4.69) is 25.5 Å². The summed E-state index contributed by atoms with van der Waals surface area (Å²) >= 11 is 5.75. The number of pyridine rings is 1. The number of hydrogen-bond donors (Lipinski definition) is 3. The number of rotatable bonds is 3. The van der Waals surface area contributed by atoms with Crippen LogP contribution in [-0.4, -0.2) is 20.2 Å². The number of nitrogen functional groups attached to an aromatic ring is 1. The zero-order chi connectivity index (χ0) is 11.5. The predicted octanol–water partition coefficient (Wildman–Crippen LogP) is 1.61. The fourth-order valence-electron chi connectivity index (χ4n) is 1.27. The van der Waals surface area contributed by atoms with Gasteiger partial charge in [0.1, 0.15) is 18.0 Å². The highest BCUT2D eigenvalue weighted by Gasteiger charge is 2.10. The van der Waals surface area contributed by atoms with E-state index in [0.717, 1.165) is 5.82 Å². The van der Waals surface area contributed by atoms with Crippen LogP contribution in [0.1, 0.15) is 18.8 Å². The lowest BCUT2D eigenvalue weighted by Crippen LogP contribution is -2.11. The van der Waals surface area contributed by atoms with Crippen molar-refractivity contribution in [3.8, 4) is 0 Å². The van der Waals surface area contributed by atoms with E-state index in [1.165, 1.54) is 12.5 Å². The van der Waals surface area contributed by atoms with Gasteiger partial charge in [-0.15, -0.1) is 0 Å². The summed E-state index contributed by atoms with van der Waals surface area (Å²) in [5.74, 6) is 1.30. The van der Waals surface area contributed by atoms with E-state index >= 15 is 0 Å². The number of halogens is 1. The Bertz CT molecular complexity index is 469. The Labute approximate surface area is 97.2 Å². The molecule has 7 heteroatoms. The van der Waals surface area contributed by atoms with Crippen molar-refractivity contribution in [3.05, 3.63) is 29.4 Å². The average Bonchev–Trinajstić information content (AvgIpc) is 2.75. The monoisotopic (exact) mass is 238 g/mol. The smallest absolute Gasteiger partial charge is 0.149 e. The Hall–Kier alpha value is -1.82. The van der Waals surface area contributed by atoms with Gasteiger partial charge in [0.05, 0.1) is 16.8 Å². The van der Waals surface area contributed by atoms with Gasteiger partial charge < -0.3 is 11.1 Å². The maximum Gasteiger partial charge on any atom is 0.149 e. The molecule has 4 N–H and O–H groups in total. The molecule has 2 rings (SSSR count). The Kier molecular flexibility index (Phi) is 2.91. The Balaban J connectivity index is 2.15. The molecule has 0 aliphatic carbocycles. The van der Waals surface area contributed by atoms with Crippen molar-refractivity contribution in [1.82, 2.24) is 20.2 Å². The van der Waals surface area contributed by atoms with E-state index in [1.807, 2.05) is 6.92 Å². The van der Waals surface area contributed by atoms with Gasteiger partial charge in [-0.2, -0.15) is 5.10 Å². The first-order valence-electron chi connectivity index (χ1n) is 4.69. The first kappa shape index (κ1) is 10.7. The zero-order valence-corrected chi connectivity index (χ0v) is 9.36. The summed E-state index contributed by atoms with van der Waals surface area (Å²) in [6.07, 6.45) is 2.99. The fourth-order valence-corrected chi connectivity index (χ4v) is 1.44. The SMILES string of the molecule is CC(Nc1ncc(Cl)cc1N)c1ncn[nH]1. The normalized spacial score (nSPS) is 12.4. The molecule has 1 unspecified atom stereocenters. The first-order chi connectivity index (χ1) is 7.66. The summed E-state index contributed by atoms with van der Waals surface area (Å²) < 4.78 is 0. The van der Waals surface area contributed by atoms with Gasteiger partial charge in [0.2, 0.25) is 0 Å². The molecule has 0 aromatic carbocycles. The van der Waals surface area contributed by atoms with Crippen LogP contribution in [0.25, 0.3) is 0 Å². The lowest BCUT2D eigenvalue weighted by Gasteiger charge is -2.13. The maximum atomic E-state index is 5.77. The number of aromatic nitrogens is 4. The van der Waals surface area contributed by atoms with Crippen molar-refractivity contribution >= 4 is 23.1 Å². The number of H-pyrrole nitrogens is 1. The average molecular weight is 239 g/mol. The van der Waals surface area contributed by atoms with Gasteiger partial charge >= 0.3 is 0 Å².